The Morgan fingerprint density at radius 2 is 1.79 bits per heavy atom. The van der Waals surface area contributed by atoms with E-state index in [1.807, 2.05) is 9.80 Å². The van der Waals surface area contributed by atoms with Crippen molar-refractivity contribution in [2.75, 3.05) is 33.3 Å². The molecular formula is C13H22N2O4. The molecule has 2 saturated heterocycles. The van der Waals surface area contributed by atoms with Gasteiger partial charge >= 0.3 is 12.0 Å². The Balaban J connectivity index is 1.78. The lowest BCUT2D eigenvalue weighted by molar-refractivity contribution is -0.138. The van der Waals surface area contributed by atoms with Crippen LogP contribution in [0.2, 0.25) is 0 Å². The maximum absolute atomic E-state index is 12.3. The van der Waals surface area contributed by atoms with E-state index in [0.717, 1.165) is 25.8 Å². The molecule has 6 nitrogen and oxygen atoms in total. The molecule has 2 aliphatic heterocycles. The smallest absolute Gasteiger partial charge is 0.320 e. The summed E-state index contributed by atoms with van der Waals surface area (Å²) < 4.78 is 5.26. The van der Waals surface area contributed by atoms with E-state index in [1.54, 1.807) is 7.11 Å². The Kier molecular flexibility index (Phi) is 4.63. The molecule has 2 amide bonds. The number of carboxylic acids is 1. The first-order chi connectivity index (χ1) is 9.10. The van der Waals surface area contributed by atoms with Gasteiger partial charge < -0.3 is 19.6 Å². The maximum Gasteiger partial charge on any atom is 0.320 e. The van der Waals surface area contributed by atoms with Crippen molar-refractivity contribution in [3.63, 3.8) is 0 Å². The molecule has 0 aromatic rings. The second kappa shape index (κ2) is 6.23. The van der Waals surface area contributed by atoms with Crippen molar-refractivity contribution in [1.29, 1.82) is 0 Å². The Morgan fingerprint density at radius 3 is 2.32 bits per heavy atom. The van der Waals surface area contributed by atoms with Gasteiger partial charge in [0.25, 0.3) is 0 Å². The van der Waals surface area contributed by atoms with Gasteiger partial charge in [0.05, 0.1) is 6.10 Å². The number of hydrogen-bond donors (Lipinski definition) is 1. The minimum Gasteiger partial charge on any atom is -0.481 e. The summed E-state index contributed by atoms with van der Waals surface area (Å²) in [5.74, 6) is -0.529. The third kappa shape index (κ3) is 3.59. The first-order valence-corrected chi connectivity index (χ1v) is 6.88. The number of methoxy groups -OCH3 is 1. The van der Waals surface area contributed by atoms with Gasteiger partial charge in [-0.1, -0.05) is 0 Å². The van der Waals surface area contributed by atoms with Crippen LogP contribution in [0.1, 0.15) is 25.7 Å². The van der Waals surface area contributed by atoms with Crippen LogP contribution in [-0.2, 0) is 9.53 Å². The molecule has 6 heteroatoms. The number of aliphatic carboxylic acids is 1. The van der Waals surface area contributed by atoms with Gasteiger partial charge in [0.1, 0.15) is 0 Å². The number of likely N-dealkylation sites (tertiary alicyclic amines) is 2. The molecule has 1 atom stereocenters. The predicted octanol–water partition coefficient (Wildman–Crippen LogP) is 1.01. The molecule has 2 aliphatic rings. The number of ether oxygens (including phenoxy) is 1. The van der Waals surface area contributed by atoms with Crippen LogP contribution in [0.3, 0.4) is 0 Å². The van der Waals surface area contributed by atoms with E-state index < -0.39 is 5.97 Å². The standard InChI is InChI=1S/C13H22N2O4/c1-19-11-4-7-15(9-11)13(18)14-5-2-10(3-6-14)8-12(16)17/h10-11H,2-9H2,1H3,(H,16,17). The molecule has 19 heavy (non-hydrogen) atoms. The number of carbonyl (C=O) groups excluding carboxylic acids is 1. The summed E-state index contributed by atoms with van der Waals surface area (Å²) in [6.07, 6.45) is 2.86. The number of urea groups is 1. The van der Waals surface area contributed by atoms with Crippen molar-refractivity contribution in [3.05, 3.63) is 0 Å². The van der Waals surface area contributed by atoms with Crippen LogP contribution in [0.25, 0.3) is 0 Å². The van der Waals surface area contributed by atoms with E-state index in [0.29, 0.717) is 19.6 Å². The molecule has 1 N–H and O–H groups in total. The molecule has 0 aromatic heterocycles. The fourth-order valence-corrected chi connectivity index (χ4v) is 2.87. The van der Waals surface area contributed by atoms with Gasteiger partial charge in [0.2, 0.25) is 0 Å². The number of amides is 2. The van der Waals surface area contributed by atoms with Crippen LogP contribution in [0.5, 0.6) is 0 Å². The summed E-state index contributed by atoms with van der Waals surface area (Å²) >= 11 is 0. The highest BCUT2D eigenvalue weighted by molar-refractivity contribution is 5.75. The largest absolute Gasteiger partial charge is 0.481 e. The van der Waals surface area contributed by atoms with Crippen molar-refractivity contribution in [3.8, 4) is 0 Å². The van der Waals surface area contributed by atoms with E-state index in [2.05, 4.69) is 0 Å². The summed E-state index contributed by atoms with van der Waals surface area (Å²) in [6.45, 7) is 2.77. The lowest BCUT2D eigenvalue weighted by Gasteiger charge is -2.34. The topological polar surface area (TPSA) is 70.1 Å². The lowest BCUT2D eigenvalue weighted by atomic mass is 9.94. The molecule has 0 saturated carbocycles. The molecule has 0 aromatic carbocycles. The average Bonchev–Trinajstić information content (AvgIpc) is 2.87. The highest BCUT2D eigenvalue weighted by Gasteiger charge is 2.31. The highest BCUT2D eigenvalue weighted by atomic mass is 16.5. The SMILES string of the molecule is COC1CCN(C(=O)N2CCC(CC(=O)O)CC2)C1. The van der Waals surface area contributed by atoms with E-state index in [-0.39, 0.29) is 24.5 Å². The third-order valence-electron chi connectivity index (χ3n) is 4.10. The average molecular weight is 270 g/mol. The molecule has 0 aliphatic carbocycles. The number of nitrogens with zero attached hydrogens (tertiary/aromatic N) is 2. The number of hydrogen-bond acceptors (Lipinski definition) is 3. The van der Waals surface area contributed by atoms with Crippen LogP contribution < -0.4 is 0 Å². The summed E-state index contributed by atoms with van der Waals surface area (Å²) in [4.78, 5) is 26.6. The maximum atomic E-state index is 12.3. The fourth-order valence-electron chi connectivity index (χ4n) is 2.87. The zero-order valence-electron chi connectivity index (χ0n) is 11.4. The summed E-state index contributed by atoms with van der Waals surface area (Å²) in [7, 11) is 1.68. The van der Waals surface area contributed by atoms with Crippen molar-refractivity contribution < 1.29 is 19.4 Å². The van der Waals surface area contributed by atoms with Crippen molar-refractivity contribution >= 4 is 12.0 Å². The van der Waals surface area contributed by atoms with Gasteiger partial charge in [-0.2, -0.15) is 0 Å². The van der Waals surface area contributed by atoms with Crippen molar-refractivity contribution in [2.45, 2.75) is 31.8 Å². The Morgan fingerprint density at radius 1 is 1.16 bits per heavy atom. The first-order valence-electron chi connectivity index (χ1n) is 6.88. The van der Waals surface area contributed by atoms with Gasteiger partial charge in [0.15, 0.2) is 0 Å². The first kappa shape index (κ1) is 14.1. The number of carboxylic acid groups (broad SMARTS) is 1. The third-order valence-corrected chi connectivity index (χ3v) is 4.10. The minimum atomic E-state index is -0.743. The van der Waals surface area contributed by atoms with Crippen LogP contribution in [0, 0.1) is 5.92 Å². The van der Waals surface area contributed by atoms with Crippen LogP contribution in [-0.4, -0.2) is 66.3 Å². The summed E-state index contributed by atoms with van der Waals surface area (Å²) in [6, 6.07) is 0.0772. The highest BCUT2D eigenvalue weighted by Crippen LogP contribution is 2.22. The quantitative estimate of drug-likeness (QED) is 0.831. The number of rotatable bonds is 3. The Labute approximate surface area is 113 Å². The van der Waals surface area contributed by atoms with Crippen LogP contribution in [0.4, 0.5) is 4.79 Å². The molecule has 0 radical (unpaired) electrons. The van der Waals surface area contributed by atoms with E-state index in [9.17, 15) is 9.59 Å². The second-order valence-corrected chi connectivity index (χ2v) is 5.40. The van der Waals surface area contributed by atoms with Crippen LogP contribution in [0.15, 0.2) is 0 Å². The molecule has 1 unspecified atom stereocenters. The minimum absolute atomic E-state index is 0.0772. The molecule has 0 spiro atoms. The van der Waals surface area contributed by atoms with E-state index in [1.165, 1.54) is 0 Å². The summed E-state index contributed by atoms with van der Waals surface area (Å²) in [5, 5.41) is 8.77. The van der Waals surface area contributed by atoms with Crippen molar-refractivity contribution in [1.82, 2.24) is 9.80 Å². The molecule has 2 heterocycles. The number of carbonyl (C=O) groups is 2. The number of piperidine rings is 1. The van der Waals surface area contributed by atoms with Gasteiger partial charge in [0, 0.05) is 39.7 Å². The Bertz CT molecular complexity index is 340. The van der Waals surface area contributed by atoms with Gasteiger partial charge in [-0.25, -0.2) is 4.79 Å². The van der Waals surface area contributed by atoms with E-state index >= 15 is 0 Å². The lowest BCUT2D eigenvalue weighted by Crippen LogP contribution is -2.46. The fraction of sp³-hybridized carbons (Fsp3) is 0.846. The van der Waals surface area contributed by atoms with Crippen LogP contribution >= 0.6 is 0 Å². The zero-order chi connectivity index (χ0) is 13.8. The molecule has 2 fully saturated rings. The van der Waals surface area contributed by atoms with Crippen molar-refractivity contribution in [2.24, 2.45) is 5.92 Å². The monoisotopic (exact) mass is 270 g/mol. The predicted molar refractivity (Wildman–Crippen MR) is 68.9 cm³/mol. The summed E-state index contributed by atoms with van der Waals surface area (Å²) in [5.41, 5.74) is 0. The zero-order valence-corrected chi connectivity index (χ0v) is 11.4. The molecular weight excluding hydrogens is 248 g/mol. The normalized spacial score (nSPS) is 24.8. The second-order valence-electron chi connectivity index (χ2n) is 5.40. The van der Waals surface area contributed by atoms with Gasteiger partial charge in [-0.3, -0.25) is 4.79 Å². The van der Waals surface area contributed by atoms with E-state index in [4.69, 9.17) is 9.84 Å². The van der Waals surface area contributed by atoms with Gasteiger partial charge in [-0.05, 0) is 25.2 Å². The molecule has 2 rings (SSSR count). The Hall–Kier alpha value is -1.30. The molecule has 108 valence electrons. The molecule has 0 bridgehead atoms. The van der Waals surface area contributed by atoms with Gasteiger partial charge in [-0.15, -0.1) is 0 Å².